The minimum absolute atomic E-state index is 0.164. The number of hydrogen-bond acceptors (Lipinski definition) is 6. The first-order valence-corrected chi connectivity index (χ1v) is 13.3. The summed E-state index contributed by atoms with van der Waals surface area (Å²) in [4.78, 5) is 28.5. The molecule has 0 fully saturated rings. The molecule has 0 spiro atoms. The van der Waals surface area contributed by atoms with Gasteiger partial charge in [-0.05, 0) is 29.3 Å². The van der Waals surface area contributed by atoms with E-state index >= 15 is 0 Å². The number of nitrogens with zero attached hydrogens (tertiary/aromatic N) is 1. The van der Waals surface area contributed by atoms with E-state index in [4.69, 9.17) is 25.8 Å². The minimum Gasteiger partial charge on any atom is -0.496 e. The topological polar surface area (TPSA) is 97.3 Å². The molecular weight excluding hydrogens is 544 g/mol. The molecule has 0 aliphatic carbocycles. The number of rotatable bonds is 9. The smallest absolute Gasteiger partial charge is 0.347 e. The molecule has 0 radical (unpaired) electrons. The molecule has 41 heavy (non-hydrogen) atoms. The van der Waals surface area contributed by atoms with Crippen molar-refractivity contribution in [1.29, 1.82) is 0 Å². The first-order valence-electron chi connectivity index (χ1n) is 12.9. The maximum Gasteiger partial charge on any atom is 0.347 e. The Morgan fingerprint density at radius 1 is 0.927 bits per heavy atom. The number of carbonyl (C=O) groups is 2. The third-order valence-electron chi connectivity index (χ3n) is 7.10. The van der Waals surface area contributed by atoms with Crippen molar-refractivity contribution in [3.05, 3.63) is 119 Å². The Balaban J connectivity index is 1.74. The van der Waals surface area contributed by atoms with Gasteiger partial charge in [0.15, 0.2) is 0 Å². The number of aliphatic carboxylic acids is 1. The van der Waals surface area contributed by atoms with Crippen LogP contribution in [0.25, 0.3) is 0 Å². The predicted molar refractivity (Wildman–Crippen MR) is 156 cm³/mol. The molecule has 1 aliphatic heterocycles. The number of amides is 1. The van der Waals surface area contributed by atoms with Crippen LogP contribution in [0.3, 0.4) is 0 Å². The van der Waals surface area contributed by atoms with Gasteiger partial charge in [-0.1, -0.05) is 72.3 Å². The van der Waals surface area contributed by atoms with E-state index in [9.17, 15) is 14.7 Å². The van der Waals surface area contributed by atoms with Crippen molar-refractivity contribution in [1.82, 2.24) is 5.32 Å². The molecule has 210 valence electrons. The van der Waals surface area contributed by atoms with E-state index in [1.165, 1.54) is 14.2 Å². The first-order chi connectivity index (χ1) is 19.8. The summed E-state index contributed by atoms with van der Waals surface area (Å²) in [6, 6.07) is 28.6. The highest BCUT2D eigenvalue weighted by Gasteiger charge is 2.52. The Kier molecular flexibility index (Phi) is 8.14. The quantitative estimate of drug-likeness (QED) is 0.282. The van der Waals surface area contributed by atoms with E-state index in [-0.39, 0.29) is 24.7 Å². The van der Waals surface area contributed by atoms with Crippen LogP contribution >= 0.6 is 11.6 Å². The second kappa shape index (κ2) is 11.9. The number of halogens is 1. The van der Waals surface area contributed by atoms with E-state index in [1.54, 1.807) is 53.4 Å². The van der Waals surface area contributed by atoms with Crippen LogP contribution in [0.15, 0.2) is 97.1 Å². The molecule has 2 atom stereocenters. The van der Waals surface area contributed by atoms with Gasteiger partial charge in [0.1, 0.15) is 22.8 Å². The molecule has 4 aromatic rings. The van der Waals surface area contributed by atoms with Crippen molar-refractivity contribution in [2.45, 2.75) is 18.2 Å². The number of hydrogen-bond donors (Lipinski definition) is 2. The molecule has 1 heterocycles. The van der Waals surface area contributed by atoms with Gasteiger partial charge in [-0.15, -0.1) is 0 Å². The summed E-state index contributed by atoms with van der Waals surface area (Å²) in [6.45, 7) is 0.120. The number of anilines is 1. The van der Waals surface area contributed by atoms with E-state index in [0.29, 0.717) is 33.3 Å². The fourth-order valence-corrected chi connectivity index (χ4v) is 5.36. The molecule has 8 nitrogen and oxygen atoms in total. The molecule has 9 heteroatoms. The van der Waals surface area contributed by atoms with Gasteiger partial charge in [0.2, 0.25) is 12.0 Å². The Bertz CT molecular complexity index is 1530. The Morgan fingerprint density at radius 3 is 2.15 bits per heavy atom. The minimum atomic E-state index is -1.55. The summed E-state index contributed by atoms with van der Waals surface area (Å²) in [5.41, 5.74) is 0.976. The van der Waals surface area contributed by atoms with Crippen LogP contribution in [-0.2, 0) is 21.7 Å². The number of nitrogens with one attached hydrogen (secondary N) is 1. The fourth-order valence-electron chi connectivity index (χ4n) is 5.19. The van der Waals surface area contributed by atoms with E-state index in [1.807, 2.05) is 48.5 Å². The summed E-state index contributed by atoms with van der Waals surface area (Å²) in [6.07, 6.45) is -1.55. The van der Waals surface area contributed by atoms with Crippen molar-refractivity contribution in [2.75, 3.05) is 25.7 Å². The molecule has 4 aromatic carbocycles. The van der Waals surface area contributed by atoms with Gasteiger partial charge < -0.3 is 24.2 Å². The van der Waals surface area contributed by atoms with Crippen molar-refractivity contribution in [3.8, 4) is 17.2 Å². The second-order valence-corrected chi connectivity index (χ2v) is 9.98. The number of fused-ring (bicyclic) bond motifs is 1. The third kappa shape index (κ3) is 5.57. The lowest BCUT2D eigenvalue weighted by Crippen LogP contribution is -2.58. The molecular formula is C32H29ClN2O6. The molecule has 1 aliphatic rings. The van der Waals surface area contributed by atoms with Gasteiger partial charge in [0.05, 0.1) is 27.3 Å². The molecule has 0 aromatic heterocycles. The molecule has 0 saturated heterocycles. The molecule has 0 saturated carbocycles. The van der Waals surface area contributed by atoms with Gasteiger partial charge in [0.25, 0.3) is 0 Å². The maximum atomic E-state index is 13.7. The van der Waals surface area contributed by atoms with E-state index in [0.717, 1.165) is 5.56 Å². The van der Waals surface area contributed by atoms with E-state index < -0.39 is 17.6 Å². The zero-order valence-corrected chi connectivity index (χ0v) is 23.3. The first kappa shape index (κ1) is 28.0. The maximum absolute atomic E-state index is 13.7. The van der Waals surface area contributed by atoms with Gasteiger partial charge >= 0.3 is 5.97 Å². The lowest BCUT2D eigenvalue weighted by atomic mass is 9.77. The van der Waals surface area contributed by atoms with Gasteiger partial charge in [-0.3, -0.25) is 10.1 Å². The largest absolute Gasteiger partial charge is 0.496 e. The van der Waals surface area contributed by atoms with Crippen LogP contribution in [-0.4, -0.2) is 43.9 Å². The normalized spacial score (nSPS) is 17.2. The van der Waals surface area contributed by atoms with Crippen LogP contribution in [0.1, 0.15) is 16.7 Å². The molecule has 0 bridgehead atoms. The fraction of sp³-hybridized carbons (Fsp3) is 0.188. The van der Waals surface area contributed by atoms with Gasteiger partial charge in [-0.25, -0.2) is 4.79 Å². The zero-order chi connectivity index (χ0) is 29.0. The van der Waals surface area contributed by atoms with Crippen LogP contribution in [0, 0.1) is 0 Å². The summed E-state index contributed by atoms with van der Waals surface area (Å²) >= 11 is 6.56. The summed E-state index contributed by atoms with van der Waals surface area (Å²) in [7, 11) is 2.99. The number of carboxylic acids is 1. The summed E-state index contributed by atoms with van der Waals surface area (Å²) < 4.78 is 17.1. The van der Waals surface area contributed by atoms with Crippen LogP contribution in [0.5, 0.6) is 17.2 Å². The molecule has 2 N–H and O–H groups in total. The number of ether oxygens (including phenoxy) is 3. The van der Waals surface area contributed by atoms with Crippen LogP contribution < -0.4 is 24.4 Å². The van der Waals surface area contributed by atoms with Crippen molar-refractivity contribution in [3.63, 3.8) is 0 Å². The number of carboxylic acid groups (broad SMARTS) is 1. The Labute approximate surface area is 243 Å². The SMILES string of the molecule is COc1cc(OC)cc(O[C@H](C(=O)O)[C@@]2(c3ccccc3)NCC(=O)N(Cc3ccccc3)c3ccc(Cl)cc32)c1. The van der Waals surface area contributed by atoms with Gasteiger partial charge in [-0.2, -0.15) is 0 Å². The average molecular weight is 573 g/mol. The number of benzene rings is 4. The standard InChI is InChI=1S/C32H29ClN2O6/c1-39-24-16-25(40-2)18-26(17-24)41-30(31(37)38)32(22-11-7-4-8-12-22)27-15-23(33)13-14-28(27)35(29(36)19-34-32)20-21-9-5-3-6-10-21/h3-18,30,34H,19-20H2,1-2H3,(H,37,38)/t30-,32+/m1/s1. The van der Waals surface area contributed by atoms with Gasteiger partial charge in [0, 0.05) is 34.5 Å². The monoisotopic (exact) mass is 572 g/mol. The average Bonchev–Trinajstić information content (AvgIpc) is 3.11. The van der Waals surface area contributed by atoms with E-state index in [2.05, 4.69) is 5.32 Å². The summed E-state index contributed by atoms with van der Waals surface area (Å²) in [5.74, 6) is -0.413. The number of carbonyl (C=O) groups excluding carboxylic acids is 1. The zero-order valence-electron chi connectivity index (χ0n) is 22.5. The Hall–Kier alpha value is -4.53. The molecule has 5 rings (SSSR count). The number of methoxy groups -OCH3 is 2. The molecule has 0 unspecified atom stereocenters. The lowest BCUT2D eigenvalue weighted by Gasteiger charge is -2.40. The highest BCUT2D eigenvalue weighted by molar-refractivity contribution is 6.30. The van der Waals surface area contributed by atoms with Crippen molar-refractivity contribution in [2.24, 2.45) is 0 Å². The van der Waals surface area contributed by atoms with Crippen molar-refractivity contribution >= 4 is 29.2 Å². The lowest BCUT2D eigenvalue weighted by molar-refractivity contribution is -0.149. The molecule has 1 amide bonds. The Morgan fingerprint density at radius 2 is 1.54 bits per heavy atom. The summed E-state index contributed by atoms with van der Waals surface area (Å²) in [5, 5.41) is 14.4. The predicted octanol–water partition coefficient (Wildman–Crippen LogP) is 5.27. The third-order valence-corrected chi connectivity index (χ3v) is 7.34. The van der Waals surface area contributed by atoms with Crippen LogP contribution in [0.2, 0.25) is 5.02 Å². The van der Waals surface area contributed by atoms with Crippen molar-refractivity contribution < 1.29 is 28.9 Å². The highest BCUT2D eigenvalue weighted by atomic mass is 35.5. The van der Waals surface area contributed by atoms with Crippen LogP contribution in [0.4, 0.5) is 5.69 Å². The second-order valence-electron chi connectivity index (χ2n) is 9.54. The highest BCUT2D eigenvalue weighted by Crippen LogP contribution is 2.44.